The highest BCUT2D eigenvalue weighted by molar-refractivity contribution is 5.90. The van der Waals surface area contributed by atoms with Crippen LogP contribution in [-0.2, 0) is 4.74 Å². The van der Waals surface area contributed by atoms with Gasteiger partial charge in [0.05, 0.1) is 12.7 Å². The van der Waals surface area contributed by atoms with Gasteiger partial charge >= 0.3 is 5.97 Å². The second-order valence-electron chi connectivity index (χ2n) is 4.79. The number of ether oxygens (including phenoxy) is 1. The fourth-order valence-corrected chi connectivity index (χ4v) is 2.20. The number of carbonyl (C=O) groups excluding carboxylic acids is 1. The van der Waals surface area contributed by atoms with Crippen LogP contribution < -0.4 is 16.5 Å². The molecule has 0 saturated heterocycles. The van der Waals surface area contributed by atoms with Gasteiger partial charge in [0.1, 0.15) is 5.75 Å². The topological polar surface area (TPSA) is 87.6 Å². The summed E-state index contributed by atoms with van der Waals surface area (Å²) in [6.07, 6.45) is 0. The molecule has 4 N–H and O–H groups in total. The number of hydrogen-bond donors (Lipinski definition) is 2. The van der Waals surface area contributed by atoms with Crippen molar-refractivity contribution in [1.29, 1.82) is 0 Å². The molecule has 5 heteroatoms. The van der Waals surface area contributed by atoms with Gasteiger partial charge in [0.2, 0.25) is 0 Å². The molecule has 0 aliphatic heterocycles. The first-order chi connectivity index (χ1) is 10.0. The van der Waals surface area contributed by atoms with E-state index in [2.05, 4.69) is 0 Å². The number of carbonyl (C=O) groups is 1. The first kappa shape index (κ1) is 14.9. The number of anilines is 1. The normalized spacial score (nSPS) is 11.8. The van der Waals surface area contributed by atoms with Crippen molar-refractivity contribution in [2.45, 2.75) is 12.8 Å². The number of benzene rings is 2. The van der Waals surface area contributed by atoms with Crippen molar-refractivity contribution in [2.75, 3.05) is 12.8 Å². The lowest BCUT2D eigenvalue weighted by atomic mass is 9.91. The Bertz CT molecular complexity index is 656. The number of nitrogens with two attached hydrogens (primary N) is 2. The first-order valence-corrected chi connectivity index (χ1v) is 6.50. The van der Waals surface area contributed by atoms with Gasteiger partial charge < -0.3 is 15.3 Å². The van der Waals surface area contributed by atoms with Gasteiger partial charge in [-0.2, -0.15) is 5.90 Å². The Labute approximate surface area is 123 Å². The lowest BCUT2D eigenvalue weighted by Gasteiger charge is -2.15. The molecule has 0 aliphatic rings. The molecule has 2 aromatic carbocycles. The van der Waals surface area contributed by atoms with Crippen LogP contribution in [0, 0.1) is 0 Å². The zero-order valence-electron chi connectivity index (χ0n) is 12.0. The third-order valence-electron chi connectivity index (χ3n) is 3.40. The largest absolute Gasteiger partial charge is 0.465 e. The standard InChI is InChI=1S/C16H18N2O3/c1-10(11-4-3-5-14(17)7-11)12-6-13(16(19)20-2)9-15(8-12)21-18/h3-10H,17-18H2,1-2H3. The molecule has 0 aliphatic carbocycles. The summed E-state index contributed by atoms with van der Waals surface area (Å²) in [5.74, 6) is 5.23. The number of esters is 1. The van der Waals surface area contributed by atoms with Gasteiger partial charge in [0.25, 0.3) is 0 Å². The van der Waals surface area contributed by atoms with Crippen LogP contribution in [0.2, 0.25) is 0 Å². The molecule has 0 saturated carbocycles. The van der Waals surface area contributed by atoms with E-state index in [1.165, 1.54) is 7.11 Å². The molecule has 1 atom stereocenters. The molecule has 2 rings (SSSR count). The van der Waals surface area contributed by atoms with E-state index in [0.29, 0.717) is 17.0 Å². The van der Waals surface area contributed by atoms with Gasteiger partial charge in [-0.25, -0.2) is 4.79 Å². The maximum Gasteiger partial charge on any atom is 0.337 e. The highest BCUT2D eigenvalue weighted by atomic mass is 16.6. The first-order valence-electron chi connectivity index (χ1n) is 6.50. The highest BCUT2D eigenvalue weighted by Crippen LogP contribution is 2.29. The molecule has 0 aromatic heterocycles. The molecule has 21 heavy (non-hydrogen) atoms. The Kier molecular flexibility index (Phi) is 4.45. The van der Waals surface area contributed by atoms with Crippen LogP contribution in [0.4, 0.5) is 5.69 Å². The molecular weight excluding hydrogens is 268 g/mol. The molecule has 0 heterocycles. The Morgan fingerprint density at radius 1 is 1.14 bits per heavy atom. The lowest BCUT2D eigenvalue weighted by molar-refractivity contribution is 0.0600. The smallest absolute Gasteiger partial charge is 0.337 e. The Balaban J connectivity index is 2.44. The van der Waals surface area contributed by atoms with Gasteiger partial charge in [-0.05, 0) is 41.5 Å². The molecule has 0 fully saturated rings. The summed E-state index contributed by atoms with van der Waals surface area (Å²) in [7, 11) is 1.33. The zero-order chi connectivity index (χ0) is 15.4. The summed E-state index contributed by atoms with van der Waals surface area (Å²) in [5.41, 5.74) is 8.83. The molecule has 1 unspecified atom stereocenters. The van der Waals surface area contributed by atoms with E-state index in [4.69, 9.17) is 21.2 Å². The molecule has 0 spiro atoms. The van der Waals surface area contributed by atoms with Crippen LogP contribution >= 0.6 is 0 Å². The Morgan fingerprint density at radius 2 is 1.90 bits per heavy atom. The van der Waals surface area contributed by atoms with Gasteiger partial charge in [-0.15, -0.1) is 0 Å². The minimum absolute atomic E-state index is 0.0343. The molecule has 5 nitrogen and oxygen atoms in total. The van der Waals surface area contributed by atoms with Crippen molar-refractivity contribution < 1.29 is 14.4 Å². The van der Waals surface area contributed by atoms with Crippen molar-refractivity contribution in [3.8, 4) is 5.75 Å². The number of nitrogen functional groups attached to an aromatic ring is 1. The molecule has 2 aromatic rings. The van der Waals surface area contributed by atoms with E-state index >= 15 is 0 Å². The van der Waals surface area contributed by atoms with Crippen LogP contribution in [0.15, 0.2) is 42.5 Å². The minimum atomic E-state index is -0.435. The van der Waals surface area contributed by atoms with Crippen molar-refractivity contribution in [1.82, 2.24) is 0 Å². The monoisotopic (exact) mass is 286 g/mol. The van der Waals surface area contributed by atoms with Gasteiger partial charge in [0.15, 0.2) is 0 Å². The van der Waals surface area contributed by atoms with Gasteiger partial charge in [-0.3, -0.25) is 0 Å². The van der Waals surface area contributed by atoms with E-state index in [1.54, 1.807) is 18.2 Å². The van der Waals surface area contributed by atoms with E-state index in [-0.39, 0.29) is 5.92 Å². The summed E-state index contributed by atoms with van der Waals surface area (Å²) in [6.45, 7) is 2.02. The quantitative estimate of drug-likeness (QED) is 0.512. The molecular formula is C16H18N2O3. The van der Waals surface area contributed by atoms with E-state index < -0.39 is 5.97 Å². The van der Waals surface area contributed by atoms with E-state index in [1.807, 2.05) is 31.2 Å². The number of methoxy groups -OCH3 is 1. The lowest BCUT2D eigenvalue weighted by Crippen LogP contribution is -2.08. The van der Waals surface area contributed by atoms with Crippen molar-refractivity contribution in [3.05, 3.63) is 59.2 Å². The van der Waals surface area contributed by atoms with Gasteiger partial charge in [0, 0.05) is 11.6 Å². The zero-order valence-corrected chi connectivity index (χ0v) is 12.0. The summed E-state index contributed by atoms with van der Waals surface area (Å²) < 4.78 is 4.74. The maximum absolute atomic E-state index is 11.7. The Morgan fingerprint density at radius 3 is 2.52 bits per heavy atom. The predicted octanol–water partition coefficient (Wildman–Crippen LogP) is 2.46. The van der Waals surface area contributed by atoms with Crippen LogP contribution in [-0.4, -0.2) is 13.1 Å². The summed E-state index contributed by atoms with van der Waals surface area (Å²) >= 11 is 0. The Hall–Kier alpha value is -2.53. The summed E-state index contributed by atoms with van der Waals surface area (Å²) in [4.78, 5) is 16.5. The second kappa shape index (κ2) is 6.28. The van der Waals surface area contributed by atoms with Crippen molar-refractivity contribution in [3.63, 3.8) is 0 Å². The highest BCUT2D eigenvalue weighted by Gasteiger charge is 2.15. The number of hydrogen-bond acceptors (Lipinski definition) is 5. The molecule has 0 bridgehead atoms. The fraction of sp³-hybridized carbons (Fsp3) is 0.188. The summed E-state index contributed by atoms with van der Waals surface area (Å²) in [5, 5.41) is 0. The second-order valence-corrected chi connectivity index (χ2v) is 4.79. The summed E-state index contributed by atoms with van der Waals surface area (Å²) in [6, 6.07) is 12.7. The van der Waals surface area contributed by atoms with Crippen LogP contribution in [0.25, 0.3) is 0 Å². The SMILES string of the molecule is COC(=O)c1cc(ON)cc(C(C)c2cccc(N)c2)c1. The van der Waals surface area contributed by atoms with Crippen LogP contribution in [0.1, 0.15) is 34.3 Å². The van der Waals surface area contributed by atoms with Crippen LogP contribution in [0.3, 0.4) is 0 Å². The average molecular weight is 286 g/mol. The predicted molar refractivity (Wildman–Crippen MR) is 81.0 cm³/mol. The average Bonchev–Trinajstić information content (AvgIpc) is 2.52. The molecule has 0 radical (unpaired) electrons. The fourth-order valence-electron chi connectivity index (χ4n) is 2.20. The van der Waals surface area contributed by atoms with Crippen molar-refractivity contribution >= 4 is 11.7 Å². The maximum atomic E-state index is 11.7. The third-order valence-corrected chi connectivity index (χ3v) is 3.40. The molecule has 0 amide bonds. The van der Waals surface area contributed by atoms with E-state index in [0.717, 1.165) is 11.1 Å². The minimum Gasteiger partial charge on any atom is -0.465 e. The van der Waals surface area contributed by atoms with Crippen molar-refractivity contribution in [2.24, 2.45) is 5.90 Å². The van der Waals surface area contributed by atoms with Gasteiger partial charge in [-0.1, -0.05) is 19.1 Å². The van der Waals surface area contributed by atoms with Crippen LogP contribution in [0.5, 0.6) is 5.75 Å². The molecule has 110 valence electrons. The third kappa shape index (κ3) is 3.32. The number of rotatable bonds is 4. The van der Waals surface area contributed by atoms with E-state index in [9.17, 15) is 4.79 Å².